The average molecular weight is 210 g/mol. The molecule has 1 fully saturated rings. The van der Waals surface area contributed by atoms with Gasteiger partial charge in [-0.05, 0) is 19.3 Å². The van der Waals surface area contributed by atoms with E-state index in [2.05, 4.69) is 0 Å². The van der Waals surface area contributed by atoms with Gasteiger partial charge in [-0.3, -0.25) is 0 Å². The maximum Gasteiger partial charge on any atom is 0.148 e. The molecule has 0 aliphatic carbocycles. The summed E-state index contributed by atoms with van der Waals surface area (Å²) in [7, 11) is 0. The van der Waals surface area contributed by atoms with Crippen LogP contribution in [0.25, 0.3) is 0 Å². The van der Waals surface area contributed by atoms with E-state index in [1.54, 1.807) is 0 Å². The zero-order chi connectivity index (χ0) is 10.8. The van der Waals surface area contributed by atoms with Crippen LogP contribution in [0.5, 0.6) is 5.75 Å². The van der Waals surface area contributed by atoms with Gasteiger partial charge in [0.2, 0.25) is 0 Å². The van der Waals surface area contributed by atoms with Crippen LogP contribution >= 0.6 is 0 Å². The van der Waals surface area contributed by atoms with Crippen LogP contribution in [0.4, 0.5) is 15.8 Å². The Bertz CT molecular complexity index is 362. The standard InChI is InChI=1S/C11H15FN2O/c12-8-6-9(13)11(15)7-10(8)14-4-2-1-3-5-14/h6-7,15H,1-5,13H2. The molecule has 1 heterocycles. The summed E-state index contributed by atoms with van der Waals surface area (Å²) < 4.78 is 13.6. The van der Waals surface area contributed by atoms with E-state index in [1.165, 1.54) is 18.6 Å². The van der Waals surface area contributed by atoms with Crippen LogP contribution in [0, 0.1) is 5.82 Å². The van der Waals surface area contributed by atoms with Crippen molar-refractivity contribution in [2.24, 2.45) is 0 Å². The highest BCUT2D eigenvalue weighted by Gasteiger charge is 2.16. The summed E-state index contributed by atoms with van der Waals surface area (Å²) in [6, 6.07) is 2.59. The molecular weight excluding hydrogens is 195 g/mol. The Morgan fingerprint density at radius 3 is 2.53 bits per heavy atom. The number of benzene rings is 1. The molecule has 1 aromatic carbocycles. The van der Waals surface area contributed by atoms with Crippen molar-refractivity contribution >= 4 is 11.4 Å². The molecule has 0 spiro atoms. The predicted octanol–water partition coefficient (Wildman–Crippen LogP) is 2.10. The summed E-state index contributed by atoms with van der Waals surface area (Å²) in [5.41, 5.74) is 5.96. The molecule has 0 radical (unpaired) electrons. The Labute approximate surface area is 88.3 Å². The van der Waals surface area contributed by atoms with Gasteiger partial charge < -0.3 is 15.7 Å². The molecule has 82 valence electrons. The summed E-state index contributed by atoms with van der Waals surface area (Å²) in [6.45, 7) is 1.69. The first kappa shape index (κ1) is 10.1. The van der Waals surface area contributed by atoms with Crippen LogP contribution in [0.1, 0.15) is 19.3 Å². The Morgan fingerprint density at radius 2 is 1.87 bits per heavy atom. The van der Waals surface area contributed by atoms with E-state index in [-0.39, 0.29) is 17.3 Å². The van der Waals surface area contributed by atoms with Crippen LogP contribution in [0.2, 0.25) is 0 Å². The minimum absolute atomic E-state index is 0.0445. The van der Waals surface area contributed by atoms with E-state index >= 15 is 0 Å². The highest BCUT2D eigenvalue weighted by Crippen LogP contribution is 2.31. The number of hydrogen-bond donors (Lipinski definition) is 2. The first-order valence-corrected chi connectivity index (χ1v) is 5.21. The molecule has 4 heteroatoms. The molecule has 0 unspecified atom stereocenters. The van der Waals surface area contributed by atoms with Gasteiger partial charge in [0.15, 0.2) is 0 Å². The maximum atomic E-state index is 13.6. The molecule has 1 saturated heterocycles. The fourth-order valence-corrected chi connectivity index (χ4v) is 1.94. The van der Waals surface area contributed by atoms with Crippen LogP contribution in [-0.4, -0.2) is 18.2 Å². The highest BCUT2D eigenvalue weighted by atomic mass is 19.1. The van der Waals surface area contributed by atoms with Crippen molar-refractivity contribution in [3.8, 4) is 5.75 Å². The van der Waals surface area contributed by atoms with E-state index < -0.39 is 0 Å². The second-order valence-electron chi connectivity index (χ2n) is 3.91. The Balaban J connectivity index is 2.30. The Kier molecular flexibility index (Phi) is 2.66. The predicted molar refractivity (Wildman–Crippen MR) is 58.5 cm³/mol. The number of nitrogens with zero attached hydrogens (tertiary/aromatic N) is 1. The molecule has 3 N–H and O–H groups in total. The van der Waals surface area contributed by atoms with E-state index in [0.717, 1.165) is 25.9 Å². The lowest BCUT2D eigenvalue weighted by Gasteiger charge is -2.29. The number of phenolic OH excluding ortho intramolecular Hbond substituents is 1. The minimum atomic E-state index is -0.354. The lowest BCUT2D eigenvalue weighted by atomic mass is 10.1. The topological polar surface area (TPSA) is 49.5 Å². The van der Waals surface area contributed by atoms with Crippen LogP contribution < -0.4 is 10.6 Å². The highest BCUT2D eigenvalue weighted by molar-refractivity contribution is 5.62. The van der Waals surface area contributed by atoms with Gasteiger partial charge in [-0.2, -0.15) is 0 Å². The number of anilines is 2. The number of nitrogens with two attached hydrogens (primary N) is 1. The van der Waals surface area contributed by atoms with Crippen molar-refractivity contribution in [2.45, 2.75) is 19.3 Å². The molecule has 0 saturated carbocycles. The first-order valence-electron chi connectivity index (χ1n) is 5.21. The summed E-state index contributed by atoms with van der Waals surface area (Å²) in [6.07, 6.45) is 3.34. The second-order valence-corrected chi connectivity index (χ2v) is 3.91. The zero-order valence-corrected chi connectivity index (χ0v) is 8.54. The third-order valence-corrected chi connectivity index (χ3v) is 2.79. The molecule has 0 atom stereocenters. The fourth-order valence-electron chi connectivity index (χ4n) is 1.94. The van der Waals surface area contributed by atoms with Gasteiger partial charge >= 0.3 is 0 Å². The average Bonchev–Trinajstić information content (AvgIpc) is 2.25. The minimum Gasteiger partial charge on any atom is -0.506 e. The summed E-state index contributed by atoms with van der Waals surface area (Å²) in [4.78, 5) is 1.96. The fraction of sp³-hybridized carbons (Fsp3) is 0.455. The summed E-state index contributed by atoms with van der Waals surface area (Å²) in [5, 5.41) is 9.44. The van der Waals surface area contributed by atoms with Crippen molar-refractivity contribution in [2.75, 3.05) is 23.7 Å². The molecule has 1 aliphatic rings. The van der Waals surface area contributed by atoms with E-state index in [0.29, 0.717) is 5.69 Å². The van der Waals surface area contributed by atoms with Crippen LogP contribution in [-0.2, 0) is 0 Å². The van der Waals surface area contributed by atoms with Crippen molar-refractivity contribution in [1.29, 1.82) is 0 Å². The summed E-state index contributed by atoms with van der Waals surface area (Å²) >= 11 is 0. The molecule has 2 rings (SSSR count). The van der Waals surface area contributed by atoms with Crippen molar-refractivity contribution < 1.29 is 9.50 Å². The van der Waals surface area contributed by atoms with Gasteiger partial charge in [-0.25, -0.2) is 4.39 Å². The number of phenols is 1. The van der Waals surface area contributed by atoms with Gasteiger partial charge in [-0.15, -0.1) is 0 Å². The number of nitrogen functional groups attached to an aromatic ring is 1. The van der Waals surface area contributed by atoms with E-state index in [4.69, 9.17) is 5.73 Å². The molecular formula is C11H15FN2O. The Hall–Kier alpha value is -1.45. The molecule has 1 aliphatic heterocycles. The van der Waals surface area contributed by atoms with Crippen molar-refractivity contribution in [3.05, 3.63) is 17.9 Å². The monoisotopic (exact) mass is 210 g/mol. The quantitative estimate of drug-likeness (QED) is 0.551. The lowest BCUT2D eigenvalue weighted by Crippen LogP contribution is -2.30. The molecule has 0 amide bonds. The normalized spacial score (nSPS) is 16.7. The van der Waals surface area contributed by atoms with E-state index in [9.17, 15) is 9.50 Å². The first-order chi connectivity index (χ1) is 7.18. The van der Waals surface area contributed by atoms with Crippen molar-refractivity contribution in [3.63, 3.8) is 0 Å². The van der Waals surface area contributed by atoms with Gasteiger partial charge in [0.05, 0.1) is 11.4 Å². The number of hydrogen-bond acceptors (Lipinski definition) is 3. The molecule has 1 aromatic rings. The zero-order valence-electron chi connectivity index (χ0n) is 8.54. The van der Waals surface area contributed by atoms with Crippen molar-refractivity contribution in [1.82, 2.24) is 0 Å². The summed E-state index contributed by atoms with van der Waals surface area (Å²) in [5.74, 6) is -0.399. The number of rotatable bonds is 1. The molecule has 0 bridgehead atoms. The third kappa shape index (κ3) is 1.98. The number of aromatic hydroxyl groups is 1. The lowest BCUT2D eigenvalue weighted by molar-refractivity contribution is 0.474. The Morgan fingerprint density at radius 1 is 1.20 bits per heavy atom. The van der Waals surface area contributed by atoms with Crippen LogP contribution in [0.3, 0.4) is 0 Å². The molecule has 3 nitrogen and oxygen atoms in total. The van der Waals surface area contributed by atoms with Gasteiger partial charge in [0.1, 0.15) is 11.6 Å². The van der Waals surface area contributed by atoms with Gasteiger partial charge in [0.25, 0.3) is 0 Å². The molecule has 15 heavy (non-hydrogen) atoms. The van der Waals surface area contributed by atoms with Crippen LogP contribution in [0.15, 0.2) is 12.1 Å². The SMILES string of the molecule is Nc1cc(F)c(N2CCCCC2)cc1O. The number of piperidine rings is 1. The molecule has 0 aromatic heterocycles. The second kappa shape index (κ2) is 3.96. The third-order valence-electron chi connectivity index (χ3n) is 2.79. The van der Waals surface area contributed by atoms with Gasteiger partial charge in [0, 0.05) is 25.2 Å². The van der Waals surface area contributed by atoms with Gasteiger partial charge in [-0.1, -0.05) is 0 Å². The largest absolute Gasteiger partial charge is 0.506 e. The maximum absolute atomic E-state index is 13.6. The number of halogens is 1. The smallest absolute Gasteiger partial charge is 0.148 e. The van der Waals surface area contributed by atoms with E-state index in [1.807, 2.05) is 4.90 Å².